The van der Waals surface area contributed by atoms with Gasteiger partial charge >= 0.3 is 0 Å². The van der Waals surface area contributed by atoms with Crippen molar-refractivity contribution in [1.82, 2.24) is 0 Å². The average molecular weight is 683 g/mol. The van der Waals surface area contributed by atoms with Crippen molar-refractivity contribution < 1.29 is 0 Å². The largest absolute Gasteiger partial charge is 0.354 e. The lowest BCUT2D eigenvalue weighted by atomic mass is 9.82. The number of hydrogen-bond donors (Lipinski definition) is 1. The highest BCUT2D eigenvalue weighted by Gasteiger charge is 2.35. The molecule has 0 radical (unpaired) electrons. The lowest BCUT2D eigenvalue weighted by Gasteiger charge is -2.27. The Morgan fingerprint density at radius 3 is 2.02 bits per heavy atom. The number of anilines is 5. The van der Waals surface area contributed by atoms with Gasteiger partial charge in [-0.1, -0.05) is 111 Å². The van der Waals surface area contributed by atoms with Crippen molar-refractivity contribution in [3.63, 3.8) is 0 Å². The molecular formula is C49H34N2S. The molecule has 246 valence electrons. The maximum atomic E-state index is 3.69. The Bertz CT molecular complexity index is 2900. The van der Waals surface area contributed by atoms with Gasteiger partial charge in [0.05, 0.1) is 0 Å². The summed E-state index contributed by atoms with van der Waals surface area (Å²) in [5.41, 5.74) is 16.2. The summed E-state index contributed by atoms with van der Waals surface area (Å²) in [6.45, 7) is 4.68. The van der Waals surface area contributed by atoms with Crippen LogP contribution in [-0.2, 0) is 5.41 Å². The fraction of sp³-hybridized carbons (Fsp3) is 0.0612. The topological polar surface area (TPSA) is 15.3 Å². The van der Waals surface area contributed by atoms with Gasteiger partial charge in [-0.25, -0.2) is 0 Å². The Morgan fingerprint density at radius 1 is 0.462 bits per heavy atom. The molecule has 0 fully saturated rings. The van der Waals surface area contributed by atoms with Gasteiger partial charge in [0.2, 0.25) is 0 Å². The number of fused-ring (bicyclic) bond motifs is 9. The number of thiophene rings is 1. The van der Waals surface area contributed by atoms with E-state index in [4.69, 9.17) is 0 Å². The highest BCUT2D eigenvalue weighted by atomic mass is 32.1. The summed E-state index contributed by atoms with van der Waals surface area (Å²) in [6.07, 6.45) is 0. The fourth-order valence-electron chi connectivity index (χ4n) is 8.85. The minimum atomic E-state index is -0.0205. The van der Waals surface area contributed by atoms with Gasteiger partial charge in [0, 0.05) is 70.4 Å². The van der Waals surface area contributed by atoms with Gasteiger partial charge in [-0.15, -0.1) is 11.3 Å². The second kappa shape index (κ2) is 10.9. The molecule has 0 atom stereocenters. The highest BCUT2D eigenvalue weighted by Crippen LogP contribution is 2.52. The monoisotopic (exact) mass is 682 g/mol. The van der Waals surface area contributed by atoms with Gasteiger partial charge in [0.15, 0.2) is 0 Å². The molecule has 8 aromatic carbocycles. The van der Waals surface area contributed by atoms with E-state index in [1.54, 1.807) is 0 Å². The van der Waals surface area contributed by atoms with Crippen LogP contribution in [0.2, 0.25) is 0 Å². The predicted molar refractivity (Wildman–Crippen MR) is 223 cm³/mol. The maximum Gasteiger partial charge on any atom is 0.0470 e. The standard InChI is InChI=1S/C49H34N2S/c1-49(2)42-16-8-6-13-35(42)38-28-34(24-25-43(38)49)51(32-11-4-3-5-12-32)33-22-19-30(20-23-33)31-21-26-46-39(27-31)41-29-40-36-14-7-9-17-44(36)50-45-18-10-15-37(47(40)45)48(41)52-46/h3-29,50H,1-2H3. The van der Waals surface area contributed by atoms with Crippen LogP contribution < -0.4 is 10.2 Å². The molecule has 52 heavy (non-hydrogen) atoms. The summed E-state index contributed by atoms with van der Waals surface area (Å²) in [7, 11) is 0. The molecule has 0 saturated heterocycles. The van der Waals surface area contributed by atoms with Crippen molar-refractivity contribution in [2.45, 2.75) is 19.3 Å². The SMILES string of the molecule is CC1(C)c2ccccc2-c2cc(N(c3ccccc3)c3ccc(-c4ccc5sc6c7cccc8c7c(cc6c5c4)-c4ccccc4N8)cc3)ccc21. The molecule has 1 aliphatic heterocycles. The van der Waals surface area contributed by atoms with Crippen LogP contribution in [0.3, 0.4) is 0 Å². The first-order valence-corrected chi connectivity index (χ1v) is 18.8. The average Bonchev–Trinajstić information content (AvgIpc) is 3.67. The molecule has 3 heteroatoms. The van der Waals surface area contributed by atoms with Crippen LogP contribution in [0.25, 0.3) is 64.3 Å². The molecule has 2 heterocycles. The summed E-state index contributed by atoms with van der Waals surface area (Å²) in [6, 6.07) is 60.5. The van der Waals surface area contributed by atoms with E-state index >= 15 is 0 Å². The molecule has 1 aliphatic carbocycles. The molecule has 2 aliphatic rings. The van der Waals surface area contributed by atoms with Crippen molar-refractivity contribution in [3.8, 4) is 33.4 Å². The Morgan fingerprint density at radius 2 is 1.15 bits per heavy atom. The van der Waals surface area contributed by atoms with Crippen molar-refractivity contribution in [2.24, 2.45) is 0 Å². The second-order valence-corrected chi connectivity index (χ2v) is 15.7. The second-order valence-electron chi connectivity index (χ2n) is 14.6. The molecule has 0 amide bonds. The lowest BCUT2D eigenvalue weighted by molar-refractivity contribution is 0.660. The van der Waals surface area contributed by atoms with Gasteiger partial charge in [-0.3, -0.25) is 0 Å². The Hall–Kier alpha value is -6.16. The van der Waals surface area contributed by atoms with Crippen LogP contribution in [0.1, 0.15) is 25.0 Å². The molecule has 0 bridgehead atoms. The first-order valence-electron chi connectivity index (χ1n) is 18.0. The van der Waals surface area contributed by atoms with E-state index < -0.39 is 0 Å². The molecule has 0 unspecified atom stereocenters. The normalized spacial score (nSPS) is 13.5. The van der Waals surface area contributed by atoms with E-state index in [1.165, 1.54) is 86.8 Å². The molecule has 1 aromatic heterocycles. The van der Waals surface area contributed by atoms with Gasteiger partial charge in [-0.2, -0.15) is 0 Å². The molecule has 11 rings (SSSR count). The summed E-state index contributed by atoms with van der Waals surface area (Å²) < 4.78 is 2.67. The number of para-hydroxylation sites is 2. The molecule has 1 N–H and O–H groups in total. The summed E-state index contributed by atoms with van der Waals surface area (Å²) in [4.78, 5) is 2.38. The van der Waals surface area contributed by atoms with Crippen LogP contribution in [0.5, 0.6) is 0 Å². The molecule has 0 spiro atoms. The van der Waals surface area contributed by atoms with Crippen LogP contribution in [0.15, 0.2) is 164 Å². The number of benzene rings is 8. The third-order valence-corrected chi connectivity index (χ3v) is 12.6. The smallest absolute Gasteiger partial charge is 0.0470 e. The van der Waals surface area contributed by atoms with E-state index in [2.05, 4.69) is 188 Å². The van der Waals surface area contributed by atoms with Crippen molar-refractivity contribution >= 4 is 70.7 Å². The first-order chi connectivity index (χ1) is 25.5. The predicted octanol–water partition coefficient (Wildman–Crippen LogP) is 14.4. The van der Waals surface area contributed by atoms with E-state index in [9.17, 15) is 0 Å². The van der Waals surface area contributed by atoms with Crippen molar-refractivity contribution in [3.05, 3.63) is 175 Å². The van der Waals surface area contributed by atoms with Crippen molar-refractivity contribution in [1.29, 1.82) is 0 Å². The van der Waals surface area contributed by atoms with E-state index in [0.717, 1.165) is 17.1 Å². The number of rotatable bonds is 4. The maximum absolute atomic E-state index is 3.69. The third-order valence-electron chi connectivity index (χ3n) is 11.4. The van der Waals surface area contributed by atoms with Crippen LogP contribution in [0.4, 0.5) is 28.4 Å². The molecule has 9 aromatic rings. The quantitative estimate of drug-likeness (QED) is 0.199. The zero-order valence-electron chi connectivity index (χ0n) is 28.9. The van der Waals surface area contributed by atoms with Gasteiger partial charge in [0.1, 0.15) is 0 Å². The van der Waals surface area contributed by atoms with E-state index in [-0.39, 0.29) is 5.41 Å². The van der Waals surface area contributed by atoms with Crippen LogP contribution >= 0.6 is 11.3 Å². The minimum absolute atomic E-state index is 0.0205. The Labute approximate surface area is 307 Å². The number of nitrogens with zero attached hydrogens (tertiary/aromatic N) is 1. The minimum Gasteiger partial charge on any atom is -0.354 e. The summed E-state index contributed by atoms with van der Waals surface area (Å²) >= 11 is 1.90. The number of nitrogens with one attached hydrogen (secondary N) is 1. The summed E-state index contributed by atoms with van der Waals surface area (Å²) in [5, 5.41) is 8.96. The third kappa shape index (κ3) is 4.23. The summed E-state index contributed by atoms with van der Waals surface area (Å²) in [5.74, 6) is 0. The van der Waals surface area contributed by atoms with Crippen LogP contribution in [-0.4, -0.2) is 0 Å². The fourth-order valence-corrected chi connectivity index (χ4v) is 10.0. The zero-order chi connectivity index (χ0) is 34.6. The van der Waals surface area contributed by atoms with Gasteiger partial charge in [0.25, 0.3) is 0 Å². The van der Waals surface area contributed by atoms with Crippen molar-refractivity contribution in [2.75, 3.05) is 10.2 Å². The number of hydrogen-bond acceptors (Lipinski definition) is 3. The molecule has 2 nitrogen and oxygen atoms in total. The molecular weight excluding hydrogens is 649 g/mol. The first kappa shape index (κ1) is 29.6. The van der Waals surface area contributed by atoms with Gasteiger partial charge < -0.3 is 10.2 Å². The highest BCUT2D eigenvalue weighted by molar-refractivity contribution is 7.26. The van der Waals surface area contributed by atoms with Crippen LogP contribution in [0, 0.1) is 0 Å². The van der Waals surface area contributed by atoms with E-state index in [0.29, 0.717) is 0 Å². The Kier molecular flexibility index (Phi) is 6.21. The van der Waals surface area contributed by atoms with Gasteiger partial charge in [-0.05, 0) is 106 Å². The zero-order valence-corrected chi connectivity index (χ0v) is 29.8. The van der Waals surface area contributed by atoms with E-state index in [1.807, 2.05) is 11.3 Å². The molecule has 0 saturated carbocycles. The lowest BCUT2D eigenvalue weighted by Crippen LogP contribution is -2.15. The Balaban J connectivity index is 1.02.